The van der Waals surface area contributed by atoms with Gasteiger partial charge in [-0.15, -0.1) is 0 Å². The summed E-state index contributed by atoms with van der Waals surface area (Å²) in [6.07, 6.45) is 5.66. The minimum Gasteiger partial charge on any atom is -0.481 e. The van der Waals surface area contributed by atoms with Crippen molar-refractivity contribution in [3.05, 3.63) is 75.4 Å². The zero-order valence-electron chi connectivity index (χ0n) is 24.2. The average Bonchev–Trinajstić information content (AvgIpc) is 3.51. The fourth-order valence-corrected chi connectivity index (χ4v) is 6.97. The van der Waals surface area contributed by atoms with Gasteiger partial charge in [0.25, 0.3) is 5.91 Å². The summed E-state index contributed by atoms with van der Waals surface area (Å²) in [7, 11) is 0. The van der Waals surface area contributed by atoms with E-state index in [1.807, 2.05) is 68.3 Å². The largest absolute Gasteiger partial charge is 0.481 e. The lowest BCUT2D eigenvalue weighted by Crippen LogP contribution is -2.43. The van der Waals surface area contributed by atoms with Crippen LogP contribution >= 0.6 is 11.6 Å². The first-order valence-corrected chi connectivity index (χ1v) is 15.1. The van der Waals surface area contributed by atoms with Crippen LogP contribution in [-0.4, -0.2) is 65.4 Å². The van der Waals surface area contributed by atoms with E-state index in [2.05, 4.69) is 4.90 Å². The number of carbonyl (C=O) groups excluding carboxylic acids is 2. The number of hydrogen-bond acceptors (Lipinski definition) is 4. The predicted molar refractivity (Wildman–Crippen MR) is 161 cm³/mol. The Balaban J connectivity index is 1.24. The maximum absolute atomic E-state index is 13.8. The molecule has 218 valence electrons. The van der Waals surface area contributed by atoms with E-state index in [-0.39, 0.29) is 11.8 Å². The van der Waals surface area contributed by atoms with Crippen molar-refractivity contribution in [2.24, 2.45) is 17.8 Å². The van der Waals surface area contributed by atoms with Crippen molar-refractivity contribution < 1.29 is 19.5 Å². The summed E-state index contributed by atoms with van der Waals surface area (Å²) in [4.78, 5) is 45.1. The van der Waals surface area contributed by atoms with Gasteiger partial charge < -0.3 is 14.9 Å². The number of carboxylic acid groups (broad SMARTS) is 1. The molecule has 2 fully saturated rings. The first-order valence-electron chi connectivity index (χ1n) is 14.7. The average molecular weight is 578 g/mol. The van der Waals surface area contributed by atoms with Crippen LogP contribution in [0.3, 0.4) is 0 Å². The number of amides is 2. The minimum absolute atomic E-state index is 0.0716. The molecule has 0 aromatic heterocycles. The molecule has 2 aromatic carbocycles. The molecular formula is C33H40ClN3O4. The fraction of sp³-hybridized carbons (Fsp3) is 0.485. The van der Waals surface area contributed by atoms with Gasteiger partial charge in [-0.3, -0.25) is 19.3 Å². The molecule has 2 amide bonds. The van der Waals surface area contributed by atoms with Crippen LogP contribution in [0, 0.1) is 38.5 Å². The summed E-state index contributed by atoms with van der Waals surface area (Å²) in [5.41, 5.74) is 5.75. The predicted octanol–water partition coefficient (Wildman–Crippen LogP) is 5.85. The van der Waals surface area contributed by atoms with E-state index < -0.39 is 17.8 Å². The molecule has 41 heavy (non-hydrogen) atoms. The van der Waals surface area contributed by atoms with Gasteiger partial charge in [-0.2, -0.15) is 0 Å². The second-order valence-corrected chi connectivity index (χ2v) is 12.4. The Hall–Kier alpha value is -3.16. The normalized spacial score (nSPS) is 22.4. The van der Waals surface area contributed by atoms with E-state index in [0.29, 0.717) is 36.9 Å². The van der Waals surface area contributed by atoms with E-state index in [9.17, 15) is 19.5 Å². The number of benzene rings is 2. The number of fused-ring (bicyclic) bond motifs is 1. The first kappa shape index (κ1) is 29.3. The SMILES string of the molecule is Cc1ccc(N(CCCN2CC3=CN(C(=O)c4c(C)cccc4C)CC3C2)C(=O)[C@H]2CCCC[C@@H]2C(=O)O)cc1Cl. The number of hydrogen-bond donors (Lipinski definition) is 1. The second kappa shape index (κ2) is 12.4. The molecule has 0 bridgehead atoms. The van der Waals surface area contributed by atoms with E-state index >= 15 is 0 Å². The highest BCUT2D eigenvalue weighted by Gasteiger charge is 2.39. The summed E-state index contributed by atoms with van der Waals surface area (Å²) in [5, 5.41) is 10.4. The van der Waals surface area contributed by atoms with Crippen LogP contribution < -0.4 is 4.90 Å². The molecular weight excluding hydrogens is 538 g/mol. The number of aryl methyl sites for hydroxylation is 3. The van der Waals surface area contributed by atoms with Crippen LogP contribution in [0.5, 0.6) is 0 Å². The number of halogens is 1. The van der Waals surface area contributed by atoms with Crippen molar-refractivity contribution in [2.75, 3.05) is 37.6 Å². The lowest BCUT2D eigenvalue weighted by atomic mass is 9.78. The van der Waals surface area contributed by atoms with Crippen molar-refractivity contribution in [1.82, 2.24) is 9.80 Å². The third kappa shape index (κ3) is 6.21. The molecule has 1 unspecified atom stereocenters. The molecule has 8 heteroatoms. The summed E-state index contributed by atoms with van der Waals surface area (Å²) in [6, 6.07) is 11.6. The number of aliphatic carboxylic acids is 1. The summed E-state index contributed by atoms with van der Waals surface area (Å²) < 4.78 is 0. The van der Waals surface area contributed by atoms with Gasteiger partial charge in [0.1, 0.15) is 0 Å². The molecule has 0 radical (unpaired) electrons. The lowest BCUT2D eigenvalue weighted by molar-refractivity contribution is -0.148. The van der Waals surface area contributed by atoms with Crippen molar-refractivity contribution >= 4 is 35.1 Å². The zero-order chi connectivity index (χ0) is 29.3. The summed E-state index contributed by atoms with van der Waals surface area (Å²) >= 11 is 6.44. The minimum atomic E-state index is -0.882. The zero-order valence-corrected chi connectivity index (χ0v) is 25.0. The van der Waals surface area contributed by atoms with Crippen molar-refractivity contribution in [3.63, 3.8) is 0 Å². The number of anilines is 1. The van der Waals surface area contributed by atoms with Gasteiger partial charge in [-0.25, -0.2) is 0 Å². The van der Waals surface area contributed by atoms with Gasteiger partial charge in [0, 0.05) is 61.1 Å². The summed E-state index contributed by atoms with van der Waals surface area (Å²) in [5.74, 6) is -1.75. The van der Waals surface area contributed by atoms with Crippen molar-refractivity contribution in [3.8, 4) is 0 Å². The highest BCUT2D eigenvalue weighted by atomic mass is 35.5. The highest BCUT2D eigenvalue weighted by Crippen LogP contribution is 2.35. The monoisotopic (exact) mass is 577 g/mol. The molecule has 2 aromatic rings. The van der Waals surface area contributed by atoms with Gasteiger partial charge in [-0.05, 0) is 74.4 Å². The lowest BCUT2D eigenvalue weighted by Gasteiger charge is -2.33. The molecule has 1 saturated heterocycles. The Morgan fingerprint density at radius 2 is 1.68 bits per heavy atom. The van der Waals surface area contributed by atoms with Crippen LogP contribution in [0.15, 0.2) is 48.2 Å². The van der Waals surface area contributed by atoms with Crippen LogP contribution in [0.2, 0.25) is 5.02 Å². The van der Waals surface area contributed by atoms with Gasteiger partial charge in [0.15, 0.2) is 0 Å². The Kier molecular flexibility index (Phi) is 8.85. The molecule has 1 saturated carbocycles. The van der Waals surface area contributed by atoms with Crippen LogP contribution in [0.4, 0.5) is 5.69 Å². The third-order valence-electron chi connectivity index (χ3n) is 9.09. The molecule has 0 spiro atoms. The van der Waals surface area contributed by atoms with Gasteiger partial charge >= 0.3 is 5.97 Å². The molecule has 7 nitrogen and oxygen atoms in total. The maximum Gasteiger partial charge on any atom is 0.307 e. The number of carbonyl (C=O) groups is 3. The molecule has 5 rings (SSSR count). The fourth-order valence-electron chi connectivity index (χ4n) is 6.79. The Morgan fingerprint density at radius 1 is 0.976 bits per heavy atom. The number of likely N-dealkylation sites (tertiary alicyclic amines) is 1. The van der Waals surface area contributed by atoms with E-state index in [1.165, 1.54) is 5.57 Å². The highest BCUT2D eigenvalue weighted by molar-refractivity contribution is 6.31. The Morgan fingerprint density at radius 3 is 2.34 bits per heavy atom. The van der Waals surface area contributed by atoms with E-state index in [1.54, 1.807) is 4.90 Å². The Labute approximate surface area is 247 Å². The summed E-state index contributed by atoms with van der Waals surface area (Å²) in [6.45, 7) is 9.61. The van der Waals surface area contributed by atoms with Crippen molar-refractivity contribution in [2.45, 2.75) is 52.9 Å². The molecule has 2 heterocycles. The Bertz CT molecular complexity index is 1350. The number of carboxylic acids is 1. The van der Waals surface area contributed by atoms with Gasteiger partial charge in [-0.1, -0.05) is 48.7 Å². The topological polar surface area (TPSA) is 81.2 Å². The molecule has 3 aliphatic rings. The third-order valence-corrected chi connectivity index (χ3v) is 9.50. The molecule has 3 atom stereocenters. The first-order chi connectivity index (χ1) is 19.6. The molecule has 1 aliphatic carbocycles. The number of nitrogens with zero attached hydrogens (tertiary/aromatic N) is 3. The molecule has 2 aliphatic heterocycles. The standard InChI is InChI=1S/C33H40ClN3O4/c1-21-12-13-26(16-29(21)34)37(31(38)27-10-4-5-11-28(27)33(40)41)15-7-14-35-17-24-19-36(20-25(24)18-35)32(39)30-22(2)8-6-9-23(30)3/h6,8-9,12-13,16,19,25,27-28H,4-5,7,10-11,14-15,17-18,20H2,1-3H3,(H,40,41)/t25?,27-,28-/m0/s1. The van der Waals surface area contributed by atoms with Crippen LogP contribution in [0.1, 0.15) is 59.2 Å². The molecule has 1 N–H and O–H groups in total. The maximum atomic E-state index is 13.8. The van der Waals surface area contributed by atoms with E-state index in [4.69, 9.17) is 11.6 Å². The number of rotatable bonds is 8. The van der Waals surface area contributed by atoms with E-state index in [0.717, 1.165) is 66.8 Å². The van der Waals surface area contributed by atoms with Crippen LogP contribution in [0.25, 0.3) is 0 Å². The second-order valence-electron chi connectivity index (χ2n) is 12.0. The quantitative estimate of drug-likeness (QED) is 0.425. The van der Waals surface area contributed by atoms with Gasteiger partial charge in [0.05, 0.1) is 11.8 Å². The van der Waals surface area contributed by atoms with Crippen molar-refractivity contribution in [1.29, 1.82) is 0 Å². The smallest absolute Gasteiger partial charge is 0.307 e. The van der Waals surface area contributed by atoms with Gasteiger partial charge in [0.2, 0.25) is 5.91 Å². The van der Waals surface area contributed by atoms with Crippen LogP contribution in [-0.2, 0) is 9.59 Å².